The highest BCUT2D eigenvalue weighted by molar-refractivity contribution is 4.91. The summed E-state index contributed by atoms with van der Waals surface area (Å²) < 4.78 is 1.90. The fourth-order valence-electron chi connectivity index (χ4n) is 1.68. The molecule has 1 fully saturated rings. The predicted molar refractivity (Wildman–Crippen MR) is 58.6 cm³/mol. The lowest BCUT2D eigenvalue weighted by atomic mass is 10.4. The molecule has 0 amide bonds. The molecule has 6 heteroatoms. The summed E-state index contributed by atoms with van der Waals surface area (Å²) in [7, 11) is 0. The van der Waals surface area contributed by atoms with Crippen LogP contribution < -0.4 is 0 Å². The average molecular weight is 223 g/mol. The van der Waals surface area contributed by atoms with Crippen LogP contribution in [0, 0.1) is 0 Å². The van der Waals surface area contributed by atoms with Crippen LogP contribution in [0.15, 0.2) is 12.7 Å². The maximum atomic E-state index is 8.95. The summed E-state index contributed by atoms with van der Waals surface area (Å²) in [4.78, 5) is 2.07. The third-order valence-electron chi connectivity index (χ3n) is 2.62. The van der Waals surface area contributed by atoms with Gasteiger partial charge in [-0.05, 0) is 23.3 Å². The van der Waals surface area contributed by atoms with Crippen LogP contribution in [0.3, 0.4) is 0 Å². The molecule has 1 N–H and O–H groups in total. The standard InChI is InChI=1S/C10H17N5O/c1-2-5-14(6-7-16)8-10-11-12-13-15(10)9-3-4-9/h2,9,16H,1,3-8H2. The molecule has 0 radical (unpaired) electrons. The molecule has 0 aliphatic heterocycles. The number of aliphatic hydroxyl groups excluding tert-OH is 1. The lowest BCUT2D eigenvalue weighted by Gasteiger charge is -2.18. The van der Waals surface area contributed by atoms with Crippen LogP contribution in [0.4, 0.5) is 0 Å². The molecule has 1 heterocycles. The highest BCUT2D eigenvalue weighted by Crippen LogP contribution is 2.34. The van der Waals surface area contributed by atoms with Crippen LogP contribution in [-0.4, -0.2) is 49.9 Å². The van der Waals surface area contributed by atoms with Crippen molar-refractivity contribution in [3.8, 4) is 0 Å². The zero-order valence-electron chi connectivity index (χ0n) is 9.29. The van der Waals surface area contributed by atoms with Crippen LogP contribution in [0.1, 0.15) is 24.7 Å². The molecule has 0 unspecified atom stereocenters. The van der Waals surface area contributed by atoms with Gasteiger partial charge in [-0.15, -0.1) is 11.7 Å². The van der Waals surface area contributed by atoms with E-state index in [0.29, 0.717) is 19.1 Å². The topological polar surface area (TPSA) is 67.1 Å². The van der Waals surface area contributed by atoms with Crippen molar-refractivity contribution < 1.29 is 5.11 Å². The maximum absolute atomic E-state index is 8.95. The molecule has 0 saturated heterocycles. The van der Waals surface area contributed by atoms with Crippen LogP contribution in [0.25, 0.3) is 0 Å². The minimum Gasteiger partial charge on any atom is -0.395 e. The van der Waals surface area contributed by atoms with Gasteiger partial charge >= 0.3 is 0 Å². The van der Waals surface area contributed by atoms with Crippen molar-refractivity contribution in [1.29, 1.82) is 0 Å². The van der Waals surface area contributed by atoms with Gasteiger partial charge in [0.25, 0.3) is 0 Å². The first-order valence-corrected chi connectivity index (χ1v) is 5.56. The highest BCUT2D eigenvalue weighted by atomic mass is 16.3. The van der Waals surface area contributed by atoms with Crippen molar-refractivity contribution in [2.24, 2.45) is 0 Å². The first kappa shape index (κ1) is 11.2. The van der Waals surface area contributed by atoms with Gasteiger partial charge in [-0.25, -0.2) is 4.68 Å². The fraction of sp³-hybridized carbons (Fsp3) is 0.700. The first-order chi connectivity index (χ1) is 7.85. The van der Waals surface area contributed by atoms with E-state index in [1.165, 1.54) is 12.8 Å². The van der Waals surface area contributed by atoms with E-state index in [1.807, 2.05) is 10.8 Å². The summed E-state index contributed by atoms with van der Waals surface area (Å²) in [5.74, 6) is 0.873. The largest absolute Gasteiger partial charge is 0.395 e. The molecule has 0 spiro atoms. The third-order valence-corrected chi connectivity index (χ3v) is 2.62. The Hall–Kier alpha value is -1.27. The monoisotopic (exact) mass is 223 g/mol. The van der Waals surface area contributed by atoms with E-state index in [0.717, 1.165) is 12.4 Å². The van der Waals surface area contributed by atoms with Gasteiger partial charge in [0, 0.05) is 13.1 Å². The summed E-state index contributed by atoms with van der Waals surface area (Å²) in [5, 5.41) is 20.7. The second-order valence-corrected chi connectivity index (χ2v) is 4.02. The zero-order chi connectivity index (χ0) is 11.4. The normalized spacial score (nSPS) is 15.6. The lowest BCUT2D eigenvalue weighted by molar-refractivity contribution is 0.198. The van der Waals surface area contributed by atoms with Crippen molar-refractivity contribution in [3.05, 3.63) is 18.5 Å². The Labute approximate surface area is 94.6 Å². The quantitative estimate of drug-likeness (QED) is 0.658. The van der Waals surface area contributed by atoms with Gasteiger partial charge in [0.05, 0.1) is 19.2 Å². The highest BCUT2D eigenvalue weighted by Gasteiger charge is 2.28. The first-order valence-electron chi connectivity index (χ1n) is 5.56. The van der Waals surface area contributed by atoms with E-state index >= 15 is 0 Å². The maximum Gasteiger partial charge on any atom is 0.165 e. The Bertz CT molecular complexity index is 347. The molecule has 1 aliphatic carbocycles. The number of hydrogen-bond acceptors (Lipinski definition) is 5. The SMILES string of the molecule is C=CCN(CCO)Cc1nnnn1C1CC1. The second kappa shape index (κ2) is 5.18. The molecule has 16 heavy (non-hydrogen) atoms. The fourth-order valence-corrected chi connectivity index (χ4v) is 1.68. The number of hydrogen-bond donors (Lipinski definition) is 1. The third kappa shape index (κ3) is 2.65. The van der Waals surface area contributed by atoms with Gasteiger partial charge < -0.3 is 5.11 Å². The molecule has 0 bridgehead atoms. The van der Waals surface area contributed by atoms with E-state index in [1.54, 1.807) is 0 Å². The second-order valence-electron chi connectivity index (χ2n) is 4.02. The molecule has 1 saturated carbocycles. The van der Waals surface area contributed by atoms with Crippen molar-refractivity contribution in [2.45, 2.75) is 25.4 Å². The van der Waals surface area contributed by atoms with Gasteiger partial charge in [-0.3, -0.25) is 4.90 Å². The smallest absolute Gasteiger partial charge is 0.165 e. The Morgan fingerprint density at radius 3 is 3.00 bits per heavy atom. The number of aromatic nitrogens is 4. The number of rotatable bonds is 7. The summed E-state index contributed by atoms with van der Waals surface area (Å²) in [5.41, 5.74) is 0. The van der Waals surface area contributed by atoms with Crippen molar-refractivity contribution >= 4 is 0 Å². The number of aliphatic hydroxyl groups is 1. The van der Waals surface area contributed by atoms with Crippen LogP contribution in [-0.2, 0) is 6.54 Å². The van der Waals surface area contributed by atoms with Gasteiger partial charge in [-0.1, -0.05) is 6.08 Å². The van der Waals surface area contributed by atoms with Crippen molar-refractivity contribution in [1.82, 2.24) is 25.1 Å². The molecule has 2 rings (SSSR count). The molecule has 6 nitrogen and oxygen atoms in total. The summed E-state index contributed by atoms with van der Waals surface area (Å²) in [6.07, 6.45) is 4.15. The zero-order valence-corrected chi connectivity index (χ0v) is 9.29. The van der Waals surface area contributed by atoms with Gasteiger partial charge in [0.15, 0.2) is 5.82 Å². The summed E-state index contributed by atoms with van der Waals surface area (Å²) in [6, 6.07) is 0.490. The minimum atomic E-state index is 0.138. The van der Waals surface area contributed by atoms with Crippen LogP contribution in [0.2, 0.25) is 0 Å². The van der Waals surface area contributed by atoms with E-state index in [2.05, 4.69) is 27.0 Å². The van der Waals surface area contributed by atoms with E-state index in [-0.39, 0.29) is 6.61 Å². The molecule has 1 aromatic heterocycles. The summed E-state index contributed by atoms with van der Waals surface area (Å²) in [6.45, 7) is 5.85. The Morgan fingerprint density at radius 2 is 2.38 bits per heavy atom. The molecule has 88 valence electrons. The van der Waals surface area contributed by atoms with Crippen LogP contribution >= 0.6 is 0 Å². The summed E-state index contributed by atoms with van der Waals surface area (Å²) >= 11 is 0. The Morgan fingerprint density at radius 1 is 1.56 bits per heavy atom. The average Bonchev–Trinajstić information content (AvgIpc) is 3.01. The number of tetrazole rings is 1. The minimum absolute atomic E-state index is 0.138. The van der Waals surface area contributed by atoms with Crippen molar-refractivity contribution in [3.63, 3.8) is 0 Å². The van der Waals surface area contributed by atoms with E-state index < -0.39 is 0 Å². The predicted octanol–water partition coefficient (Wildman–Crippen LogP) is -0.0117. The van der Waals surface area contributed by atoms with Gasteiger partial charge in [0.2, 0.25) is 0 Å². The number of nitrogens with zero attached hydrogens (tertiary/aromatic N) is 5. The lowest BCUT2D eigenvalue weighted by Crippen LogP contribution is -2.28. The van der Waals surface area contributed by atoms with Crippen LogP contribution in [0.5, 0.6) is 0 Å². The van der Waals surface area contributed by atoms with Gasteiger partial charge in [-0.2, -0.15) is 0 Å². The molecular weight excluding hydrogens is 206 g/mol. The molecule has 1 aliphatic rings. The molecule has 0 atom stereocenters. The van der Waals surface area contributed by atoms with Gasteiger partial charge in [0.1, 0.15) is 0 Å². The molecule has 0 aromatic carbocycles. The van der Waals surface area contributed by atoms with E-state index in [9.17, 15) is 0 Å². The van der Waals surface area contributed by atoms with Crippen molar-refractivity contribution in [2.75, 3.05) is 19.7 Å². The molecular formula is C10H17N5O. The Kier molecular flexibility index (Phi) is 3.63. The van der Waals surface area contributed by atoms with E-state index in [4.69, 9.17) is 5.11 Å². The molecule has 1 aromatic rings. The Balaban J connectivity index is 1.99.